The van der Waals surface area contributed by atoms with Crippen LogP contribution in [0.5, 0.6) is 0 Å². The number of hydrogen-bond acceptors (Lipinski definition) is 4. The van der Waals surface area contributed by atoms with Crippen molar-refractivity contribution in [2.45, 2.75) is 65.3 Å². The Labute approximate surface area is 110 Å². The quantitative estimate of drug-likeness (QED) is 0.871. The zero-order chi connectivity index (χ0) is 13.2. The highest BCUT2D eigenvalue weighted by Crippen LogP contribution is 2.48. The summed E-state index contributed by atoms with van der Waals surface area (Å²) in [5.74, 6) is 2.01. The number of nitrogens with one attached hydrogen (secondary N) is 1. The summed E-state index contributed by atoms with van der Waals surface area (Å²) in [7, 11) is 0. The van der Waals surface area contributed by atoms with Crippen LogP contribution in [0.15, 0.2) is 4.42 Å². The van der Waals surface area contributed by atoms with Gasteiger partial charge in [0.25, 0.3) is 0 Å². The largest absolute Gasteiger partial charge is 0.423 e. The van der Waals surface area contributed by atoms with Crippen molar-refractivity contribution in [2.75, 3.05) is 6.54 Å². The molecule has 0 radical (unpaired) electrons. The van der Waals surface area contributed by atoms with Gasteiger partial charge in [0.1, 0.15) is 0 Å². The lowest BCUT2D eigenvalue weighted by atomic mass is 9.82. The predicted molar refractivity (Wildman–Crippen MR) is 71.4 cm³/mol. The maximum atomic E-state index is 5.92. The first-order valence-corrected chi connectivity index (χ1v) is 7.15. The van der Waals surface area contributed by atoms with E-state index in [1.165, 1.54) is 19.3 Å². The van der Waals surface area contributed by atoms with Crippen molar-refractivity contribution in [1.29, 1.82) is 0 Å². The molecular weight excluding hydrogens is 226 g/mol. The van der Waals surface area contributed by atoms with Crippen molar-refractivity contribution in [3.05, 3.63) is 11.8 Å². The van der Waals surface area contributed by atoms with Crippen LogP contribution >= 0.6 is 0 Å². The summed E-state index contributed by atoms with van der Waals surface area (Å²) in [6, 6.07) is 0.195. The fraction of sp³-hybridized carbons (Fsp3) is 0.857. The van der Waals surface area contributed by atoms with Crippen molar-refractivity contribution in [2.24, 2.45) is 5.41 Å². The standard InChI is InChI=1S/C14H25N3O/c1-5-11(15-6-2)13-17-16-12(18-13)10-8-7-9-14(10,3)4/h10-11,15H,5-9H2,1-4H3. The van der Waals surface area contributed by atoms with Crippen LogP contribution in [0.2, 0.25) is 0 Å². The van der Waals surface area contributed by atoms with E-state index in [0.29, 0.717) is 11.3 Å². The molecular formula is C14H25N3O. The maximum absolute atomic E-state index is 5.92. The number of nitrogens with zero attached hydrogens (tertiary/aromatic N) is 2. The first-order valence-electron chi connectivity index (χ1n) is 7.15. The molecule has 1 saturated carbocycles. The Balaban J connectivity index is 2.14. The zero-order valence-electron chi connectivity index (χ0n) is 12.0. The second-order valence-corrected chi connectivity index (χ2v) is 5.93. The van der Waals surface area contributed by atoms with E-state index >= 15 is 0 Å². The van der Waals surface area contributed by atoms with Gasteiger partial charge < -0.3 is 9.73 Å². The Morgan fingerprint density at radius 2 is 2.17 bits per heavy atom. The molecule has 1 aliphatic rings. The molecule has 1 aromatic heterocycles. The van der Waals surface area contributed by atoms with Gasteiger partial charge in [-0.05, 0) is 31.2 Å². The number of aromatic nitrogens is 2. The fourth-order valence-corrected chi connectivity index (χ4v) is 2.97. The molecule has 1 heterocycles. The van der Waals surface area contributed by atoms with Crippen molar-refractivity contribution >= 4 is 0 Å². The minimum Gasteiger partial charge on any atom is -0.423 e. The molecule has 4 heteroatoms. The summed E-state index contributed by atoms with van der Waals surface area (Å²) >= 11 is 0. The first kappa shape index (κ1) is 13.5. The molecule has 0 bridgehead atoms. The van der Waals surface area contributed by atoms with Crippen LogP contribution in [0.4, 0.5) is 0 Å². The molecule has 1 aliphatic carbocycles. The van der Waals surface area contributed by atoms with E-state index in [4.69, 9.17) is 4.42 Å². The smallest absolute Gasteiger partial charge is 0.233 e. The van der Waals surface area contributed by atoms with Gasteiger partial charge in [-0.1, -0.05) is 34.1 Å². The Morgan fingerprint density at radius 1 is 1.39 bits per heavy atom. The number of hydrogen-bond donors (Lipinski definition) is 1. The van der Waals surface area contributed by atoms with Gasteiger partial charge in [-0.25, -0.2) is 0 Å². The third kappa shape index (κ3) is 2.58. The van der Waals surface area contributed by atoms with Crippen molar-refractivity contribution in [3.8, 4) is 0 Å². The highest BCUT2D eigenvalue weighted by Gasteiger charge is 2.39. The number of rotatable bonds is 5. The SMILES string of the molecule is CCNC(CC)c1nnc(C2CCCC2(C)C)o1. The molecule has 2 atom stereocenters. The Hall–Kier alpha value is -0.900. The van der Waals surface area contributed by atoms with E-state index in [9.17, 15) is 0 Å². The Morgan fingerprint density at radius 3 is 2.72 bits per heavy atom. The van der Waals surface area contributed by atoms with E-state index in [2.05, 4.69) is 43.2 Å². The summed E-state index contributed by atoms with van der Waals surface area (Å²) in [5.41, 5.74) is 0.295. The monoisotopic (exact) mass is 251 g/mol. The third-order valence-corrected chi connectivity index (χ3v) is 4.17. The van der Waals surface area contributed by atoms with Gasteiger partial charge in [0.2, 0.25) is 11.8 Å². The molecule has 1 fully saturated rings. The lowest BCUT2D eigenvalue weighted by Crippen LogP contribution is -2.20. The molecule has 0 saturated heterocycles. The minimum absolute atomic E-state index is 0.195. The average Bonchev–Trinajstić information content (AvgIpc) is 2.91. The lowest BCUT2D eigenvalue weighted by Gasteiger charge is -2.23. The van der Waals surface area contributed by atoms with Gasteiger partial charge in [0.15, 0.2) is 0 Å². The van der Waals surface area contributed by atoms with Gasteiger partial charge >= 0.3 is 0 Å². The van der Waals surface area contributed by atoms with Crippen LogP contribution in [0.3, 0.4) is 0 Å². The van der Waals surface area contributed by atoms with Crippen LogP contribution < -0.4 is 5.32 Å². The van der Waals surface area contributed by atoms with E-state index in [1.807, 2.05) is 0 Å². The van der Waals surface area contributed by atoms with E-state index < -0.39 is 0 Å². The van der Waals surface area contributed by atoms with E-state index in [-0.39, 0.29) is 6.04 Å². The molecule has 102 valence electrons. The Kier molecular flexibility index (Phi) is 4.05. The van der Waals surface area contributed by atoms with Gasteiger partial charge in [-0.15, -0.1) is 10.2 Å². The van der Waals surface area contributed by atoms with E-state index in [1.54, 1.807) is 0 Å². The van der Waals surface area contributed by atoms with Gasteiger partial charge in [-0.2, -0.15) is 0 Å². The molecule has 1 N–H and O–H groups in total. The highest BCUT2D eigenvalue weighted by molar-refractivity contribution is 5.03. The van der Waals surface area contributed by atoms with Crippen LogP contribution in [-0.4, -0.2) is 16.7 Å². The van der Waals surface area contributed by atoms with Crippen molar-refractivity contribution in [1.82, 2.24) is 15.5 Å². The Bertz CT molecular complexity index is 386. The summed E-state index contributed by atoms with van der Waals surface area (Å²) in [6.07, 6.45) is 4.66. The summed E-state index contributed by atoms with van der Waals surface area (Å²) < 4.78 is 5.92. The first-order chi connectivity index (χ1) is 8.58. The highest BCUT2D eigenvalue weighted by atomic mass is 16.4. The summed E-state index contributed by atoms with van der Waals surface area (Å²) in [5, 5.41) is 11.9. The molecule has 0 amide bonds. The minimum atomic E-state index is 0.195. The van der Waals surface area contributed by atoms with E-state index in [0.717, 1.165) is 24.7 Å². The van der Waals surface area contributed by atoms with Gasteiger partial charge in [0.05, 0.1) is 6.04 Å². The lowest BCUT2D eigenvalue weighted by molar-refractivity contribution is 0.273. The van der Waals surface area contributed by atoms with Crippen LogP contribution in [0.1, 0.15) is 77.1 Å². The summed E-state index contributed by atoms with van der Waals surface area (Å²) in [4.78, 5) is 0. The second kappa shape index (κ2) is 5.39. The van der Waals surface area contributed by atoms with Crippen LogP contribution in [0.25, 0.3) is 0 Å². The third-order valence-electron chi connectivity index (χ3n) is 4.17. The van der Waals surface area contributed by atoms with Crippen LogP contribution in [-0.2, 0) is 0 Å². The van der Waals surface area contributed by atoms with Gasteiger partial charge in [-0.3, -0.25) is 0 Å². The maximum Gasteiger partial charge on any atom is 0.233 e. The van der Waals surface area contributed by atoms with Crippen molar-refractivity contribution < 1.29 is 4.42 Å². The molecule has 18 heavy (non-hydrogen) atoms. The second-order valence-electron chi connectivity index (χ2n) is 5.93. The molecule has 0 spiro atoms. The van der Waals surface area contributed by atoms with Crippen molar-refractivity contribution in [3.63, 3.8) is 0 Å². The molecule has 4 nitrogen and oxygen atoms in total. The zero-order valence-corrected chi connectivity index (χ0v) is 12.0. The van der Waals surface area contributed by atoms with Crippen LogP contribution in [0, 0.1) is 5.41 Å². The molecule has 0 aromatic carbocycles. The normalized spacial score (nSPS) is 24.3. The fourth-order valence-electron chi connectivity index (χ4n) is 2.97. The average molecular weight is 251 g/mol. The predicted octanol–water partition coefficient (Wildman–Crippen LogP) is 3.42. The van der Waals surface area contributed by atoms with Gasteiger partial charge in [0, 0.05) is 5.92 Å². The topological polar surface area (TPSA) is 51.0 Å². The molecule has 1 aromatic rings. The molecule has 2 rings (SSSR count). The molecule has 2 unspecified atom stereocenters. The summed E-state index contributed by atoms with van der Waals surface area (Å²) in [6.45, 7) is 9.76. The molecule has 0 aliphatic heterocycles.